The van der Waals surface area contributed by atoms with Crippen LogP contribution >= 0.6 is 27.5 Å². The van der Waals surface area contributed by atoms with Gasteiger partial charge in [-0.15, -0.1) is 0 Å². The Hall–Kier alpha value is -5.54. The second kappa shape index (κ2) is 18.0. The first kappa shape index (κ1) is 40.5. The van der Waals surface area contributed by atoms with E-state index in [0.717, 1.165) is 6.07 Å². The number of carboxylic acids is 4. The van der Waals surface area contributed by atoms with Crippen molar-refractivity contribution >= 4 is 74.2 Å². The number of anilines is 4. The third-order valence-electron chi connectivity index (χ3n) is 6.15. The van der Waals surface area contributed by atoms with Crippen LogP contribution in [0.2, 0.25) is 5.02 Å². The van der Waals surface area contributed by atoms with Crippen molar-refractivity contribution in [3.05, 3.63) is 109 Å². The number of hydrogen-bond donors (Lipinski definition) is 8. The van der Waals surface area contributed by atoms with Crippen molar-refractivity contribution in [1.82, 2.24) is 0 Å². The minimum absolute atomic E-state index is 0.0463. The van der Waals surface area contributed by atoms with Gasteiger partial charge in [-0.25, -0.2) is 23.6 Å². The molecule has 12 N–H and O–H groups in total. The summed E-state index contributed by atoms with van der Waals surface area (Å²) in [6.45, 7) is 5.20. The minimum Gasteiger partial charge on any atom is -0.496 e. The maximum Gasteiger partial charge on any atom is 0.339 e. The predicted molar refractivity (Wildman–Crippen MR) is 185 cm³/mol. The highest BCUT2D eigenvalue weighted by Gasteiger charge is 2.13. The quantitative estimate of drug-likeness (QED) is 0.103. The van der Waals surface area contributed by atoms with Gasteiger partial charge in [0.1, 0.15) is 17.1 Å². The van der Waals surface area contributed by atoms with Gasteiger partial charge in [-0.2, -0.15) is 0 Å². The molecule has 4 aromatic rings. The Bertz CT molecular complexity index is 1810. The number of nitrogens with two attached hydrogens (primary N) is 4. The van der Waals surface area contributed by atoms with Crippen molar-refractivity contribution in [3.8, 4) is 5.75 Å². The average molecular weight is 752 g/mol. The van der Waals surface area contributed by atoms with Crippen molar-refractivity contribution in [3.63, 3.8) is 0 Å². The number of rotatable bonds is 5. The Kier molecular flexibility index (Phi) is 15.2. The molecular weight excluding hydrogens is 719 g/mol. The molecule has 0 aromatic heterocycles. The van der Waals surface area contributed by atoms with Crippen LogP contribution in [-0.4, -0.2) is 51.4 Å². The summed E-state index contributed by atoms with van der Waals surface area (Å²) in [6, 6.07) is 12.4. The number of halogens is 3. The number of nitrogen functional groups attached to an aromatic ring is 4. The molecule has 0 unspecified atom stereocenters. The molecule has 0 saturated heterocycles. The normalized spacial score (nSPS) is 9.73. The number of aromatic carboxylic acids is 4. The maximum absolute atomic E-state index is 12.6. The summed E-state index contributed by atoms with van der Waals surface area (Å²) < 4.78 is 18.0. The lowest BCUT2D eigenvalue weighted by Crippen LogP contribution is -2.03. The zero-order valence-electron chi connectivity index (χ0n) is 26.0. The first-order chi connectivity index (χ1) is 22.2. The van der Waals surface area contributed by atoms with Gasteiger partial charge in [0.2, 0.25) is 0 Å². The highest BCUT2D eigenvalue weighted by atomic mass is 79.9. The molecule has 0 bridgehead atoms. The molecule has 0 amide bonds. The number of carbonyl (C=O) groups is 4. The summed E-state index contributed by atoms with van der Waals surface area (Å²) in [4.78, 5) is 42.2. The summed E-state index contributed by atoms with van der Waals surface area (Å²) in [5, 5.41) is 34.9. The van der Waals surface area contributed by atoms with Crippen molar-refractivity contribution in [2.45, 2.75) is 20.8 Å². The lowest BCUT2D eigenvalue weighted by Gasteiger charge is -2.06. The topological polar surface area (TPSA) is 263 Å². The summed E-state index contributed by atoms with van der Waals surface area (Å²) in [6.07, 6.45) is 0. The molecule has 0 heterocycles. The molecule has 0 spiro atoms. The molecule has 0 radical (unpaired) electrons. The van der Waals surface area contributed by atoms with Crippen LogP contribution in [0, 0.1) is 26.6 Å². The van der Waals surface area contributed by atoms with E-state index < -0.39 is 29.7 Å². The number of ether oxygens (including phenoxy) is 1. The van der Waals surface area contributed by atoms with Gasteiger partial charge in [0.15, 0.2) is 0 Å². The maximum atomic E-state index is 12.6. The average Bonchev–Trinajstić information content (AvgIpc) is 2.98. The van der Waals surface area contributed by atoms with E-state index in [1.54, 1.807) is 32.9 Å². The number of aryl methyl sites for hydroxylation is 3. The molecule has 0 aliphatic rings. The van der Waals surface area contributed by atoms with E-state index in [1.807, 2.05) is 0 Å². The first-order valence-electron chi connectivity index (χ1n) is 13.2. The molecule has 0 aliphatic heterocycles. The van der Waals surface area contributed by atoms with Crippen LogP contribution in [0.25, 0.3) is 0 Å². The van der Waals surface area contributed by atoms with Gasteiger partial charge in [-0.05, 0) is 102 Å². The van der Waals surface area contributed by atoms with Gasteiger partial charge in [-0.3, -0.25) is 0 Å². The first-order valence-corrected chi connectivity index (χ1v) is 14.4. The lowest BCUT2D eigenvalue weighted by atomic mass is 10.0. The SMILES string of the molecule is COc1cc(N)c(Br)cc1C(=O)O.Cc1cc(C(=O)O)cc(Cl)c1N.Cc1cc(N)cc(C)c1C(=O)O.Nc1ccc(C(=O)O)cc1F. The Morgan fingerprint density at radius 1 is 0.708 bits per heavy atom. The summed E-state index contributed by atoms with van der Waals surface area (Å²) >= 11 is 8.81. The fourth-order valence-electron chi connectivity index (χ4n) is 3.78. The highest BCUT2D eigenvalue weighted by molar-refractivity contribution is 9.10. The van der Waals surface area contributed by atoms with Gasteiger partial charge in [0, 0.05) is 21.9 Å². The van der Waals surface area contributed by atoms with Crippen molar-refractivity contribution < 1.29 is 48.7 Å². The van der Waals surface area contributed by atoms with Crippen molar-refractivity contribution in [1.29, 1.82) is 0 Å². The Morgan fingerprint density at radius 3 is 1.67 bits per heavy atom. The van der Waals surface area contributed by atoms with Crippen LogP contribution in [0.3, 0.4) is 0 Å². The van der Waals surface area contributed by atoms with E-state index in [-0.39, 0.29) is 33.1 Å². The van der Waals surface area contributed by atoms with Crippen LogP contribution < -0.4 is 27.7 Å². The van der Waals surface area contributed by atoms with Crippen LogP contribution in [0.1, 0.15) is 58.1 Å². The molecule has 13 nitrogen and oxygen atoms in total. The molecule has 4 aromatic carbocycles. The van der Waals surface area contributed by atoms with Crippen molar-refractivity contribution in [2.24, 2.45) is 0 Å². The third kappa shape index (κ3) is 11.7. The van der Waals surface area contributed by atoms with Gasteiger partial charge in [0.25, 0.3) is 0 Å². The van der Waals surface area contributed by atoms with E-state index in [0.29, 0.717) is 43.8 Å². The number of benzene rings is 4. The van der Waals surface area contributed by atoms with E-state index in [1.165, 1.54) is 43.5 Å². The van der Waals surface area contributed by atoms with Gasteiger partial charge in [-0.1, -0.05) is 11.6 Å². The molecule has 0 atom stereocenters. The second-order valence-electron chi connectivity index (χ2n) is 9.75. The Labute approximate surface area is 287 Å². The minimum atomic E-state index is -1.16. The van der Waals surface area contributed by atoms with Gasteiger partial charge >= 0.3 is 23.9 Å². The highest BCUT2D eigenvalue weighted by Crippen LogP contribution is 2.29. The number of hydrogen-bond acceptors (Lipinski definition) is 9. The molecule has 16 heteroatoms. The standard InChI is InChI=1S/C9H11NO2.C8H8BrNO3.C8H8ClNO2.C7H6FNO2/c1-5-3-7(10)4-6(2)8(5)9(11)12;1-13-7-3-6(10)5(9)2-4(7)8(11)12;1-4-2-5(8(11)12)3-6(9)7(4)10;8-5-3-4(7(10)11)1-2-6(5)9/h3-4H,10H2,1-2H3,(H,11,12);2-3H,10H2,1H3,(H,11,12);2-3H,10H2,1H3,(H,11,12);1-3H,9H2,(H,10,11). The van der Waals surface area contributed by atoms with E-state index in [4.69, 9.17) is 59.7 Å². The fraction of sp³-hybridized carbons (Fsp3) is 0.125. The van der Waals surface area contributed by atoms with E-state index in [2.05, 4.69) is 15.9 Å². The summed E-state index contributed by atoms with van der Waals surface area (Å²) in [5.74, 6) is -4.55. The second-order valence-corrected chi connectivity index (χ2v) is 11.0. The van der Waals surface area contributed by atoms with Crippen molar-refractivity contribution in [2.75, 3.05) is 30.0 Å². The number of methoxy groups -OCH3 is 1. The Balaban J connectivity index is 0.000000320. The van der Waals surface area contributed by atoms with Gasteiger partial charge < -0.3 is 48.1 Å². The van der Waals surface area contributed by atoms with Gasteiger partial charge in [0.05, 0.1) is 40.2 Å². The molecular formula is C32H33BrClFN4O9. The van der Waals surface area contributed by atoms with Crippen LogP contribution in [0.15, 0.2) is 59.1 Å². The molecule has 0 aliphatic carbocycles. The van der Waals surface area contributed by atoms with Crippen LogP contribution in [0.5, 0.6) is 5.75 Å². The number of carboxylic acid groups (broad SMARTS) is 4. The largest absolute Gasteiger partial charge is 0.496 e. The third-order valence-corrected chi connectivity index (χ3v) is 7.15. The smallest absolute Gasteiger partial charge is 0.339 e. The van der Waals surface area contributed by atoms with Crippen LogP contribution in [-0.2, 0) is 0 Å². The molecule has 48 heavy (non-hydrogen) atoms. The zero-order valence-corrected chi connectivity index (χ0v) is 28.3. The fourth-order valence-corrected chi connectivity index (χ4v) is 4.39. The molecule has 0 fully saturated rings. The molecule has 256 valence electrons. The van der Waals surface area contributed by atoms with Crippen LogP contribution in [0.4, 0.5) is 27.1 Å². The zero-order chi connectivity index (χ0) is 37.0. The monoisotopic (exact) mass is 750 g/mol. The summed E-state index contributed by atoms with van der Waals surface area (Å²) in [5.41, 5.74) is 25.8. The van der Waals surface area contributed by atoms with E-state index in [9.17, 15) is 23.6 Å². The molecule has 4 rings (SSSR count). The van der Waals surface area contributed by atoms with E-state index >= 15 is 0 Å². The Morgan fingerprint density at radius 2 is 1.25 bits per heavy atom. The summed E-state index contributed by atoms with van der Waals surface area (Å²) in [7, 11) is 1.40. The predicted octanol–water partition coefficient (Wildman–Crippen LogP) is 6.36. The lowest BCUT2D eigenvalue weighted by molar-refractivity contribution is 0.0683. The molecule has 0 saturated carbocycles.